The molecule has 0 radical (unpaired) electrons. The Morgan fingerprint density at radius 2 is 1.73 bits per heavy atom. The molecule has 0 bridgehead atoms. The monoisotopic (exact) mass is 216 g/mol. The van der Waals surface area contributed by atoms with E-state index in [1.165, 1.54) is 0 Å². The molecular weight excluding hydrogens is 204 g/mol. The first-order chi connectivity index (χ1) is 7.06. The lowest BCUT2D eigenvalue weighted by atomic mass is 10.4. The Bertz CT molecular complexity index is 257. The maximum atomic E-state index is 10.9. The van der Waals surface area contributed by atoms with Gasteiger partial charge in [0.05, 0.1) is 12.8 Å². The standard InChI is InChI=1S/C9H12O6/c1-2-8(12)14-6-4-9(13)15-5-3-7(10)11/h2H,1,3-6H2,(H,10,11). The lowest BCUT2D eigenvalue weighted by Gasteiger charge is -2.03. The first-order valence-electron chi connectivity index (χ1n) is 4.23. The third-order valence-electron chi connectivity index (χ3n) is 1.30. The van der Waals surface area contributed by atoms with Crippen molar-refractivity contribution in [1.82, 2.24) is 0 Å². The maximum absolute atomic E-state index is 10.9. The smallest absolute Gasteiger partial charge is 0.330 e. The normalized spacial score (nSPS) is 9.07. The highest BCUT2D eigenvalue weighted by Gasteiger charge is 2.05. The van der Waals surface area contributed by atoms with E-state index in [4.69, 9.17) is 5.11 Å². The molecule has 0 amide bonds. The second-order valence-electron chi connectivity index (χ2n) is 2.49. The van der Waals surface area contributed by atoms with Crippen molar-refractivity contribution in [3.8, 4) is 0 Å². The predicted octanol–water partition coefficient (Wildman–Crippen LogP) is 0.124. The summed E-state index contributed by atoms with van der Waals surface area (Å²) >= 11 is 0. The van der Waals surface area contributed by atoms with E-state index in [0.29, 0.717) is 0 Å². The van der Waals surface area contributed by atoms with Crippen LogP contribution in [0.5, 0.6) is 0 Å². The summed E-state index contributed by atoms with van der Waals surface area (Å²) in [6.07, 6.45) is 0.646. The number of hydrogen-bond acceptors (Lipinski definition) is 5. The molecule has 84 valence electrons. The molecule has 15 heavy (non-hydrogen) atoms. The molecule has 0 atom stereocenters. The van der Waals surface area contributed by atoms with Crippen molar-refractivity contribution >= 4 is 17.9 Å². The van der Waals surface area contributed by atoms with Crippen LogP contribution in [0.4, 0.5) is 0 Å². The van der Waals surface area contributed by atoms with Crippen LogP contribution in [0.15, 0.2) is 12.7 Å². The van der Waals surface area contributed by atoms with Crippen molar-refractivity contribution in [1.29, 1.82) is 0 Å². The van der Waals surface area contributed by atoms with E-state index in [1.807, 2.05) is 0 Å². The molecule has 0 aromatic carbocycles. The quantitative estimate of drug-likeness (QED) is 0.480. The predicted molar refractivity (Wildman–Crippen MR) is 49.0 cm³/mol. The van der Waals surface area contributed by atoms with E-state index in [9.17, 15) is 14.4 Å². The van der Waals surface area contributed by atoms with Crippen molar-refractivity contribution in [2.75, 3.05) is 13.2 Å². The van der Waals surface area contributed by atoms with Crippen molar-refractivity contribution in [2.24, 2.45) is 0 Å². The SMILES string of the molecule is C=CC(=O)OCCC(=O)OCCC(=O)O. The topological polar surface area (TPSA) is 89.9 Å². The lowest BCUT2D eigenvalue weighted by molar-refractivity contribution is -0.148. The van der Waals surface area contributed by atoms with Crippen LogP contribution in [-0.4, -0.2) is 36.2 Å². The zero-order valence-electron chi connectivity index (χ0n) is 8.10. The highest BCUT2D eigenvalue weighted by molar-refractivity contribution is 5.81. The molecule has 0 aromatic heterocycles. The molecule has 6 nitrogen and oxygen atoms in total. The Morgan fingerprint density at radius 3 is 2.27 bits per heavy atom. The summed E-state index contributed by atoms with van der Waals surface area (Å²) in [6, 6.07) is 0. The zero-order valence-corrected chi connectivity index (χ0v) is 8.10. The largest absolute Gasteiger partial charge is 0.481 e. The van der Waals surface area contributed by atoms with Gasteiger partial charge in [-0.15, -0.1) is 0 Å². The van der Waals surface area contributed by atoms with Gasteiger partial charge in [0, 0.05) is 6.08 Å². The van der Waals surface area contributed by atoms with E-state index >= 15 is 0 Å². The average molecular weight is 216 g/mol. The Kier molecular flexibility index (Phi) is 6.61. The summed E-state index contributed by atoms with van der Waals surface area (Å²) in [4.78, 5) is 31.4. The fourth-order valence-corrected chi connectivity index (χ4v) is 0.618. The molecule has 0 aliphatic rings. The van der Waals surface area contributed by atoms with Crippen LogP contribution in [0.3, 0.4) is 0 Å². The van der Waals surface area contributed by atoms with Gasteiger partial charge in [-0.05, 0) is 0 Å². The van der Waals surface area contributed by atoms with E-state index in [2.05, 4.69) is 16.1 Å². The summed E-state index contributed by atoms with van der Waals surface area (Å²) in [5.41, 5.74) is 0. The van der Waals surface area contributed by atoms with E-state index < -0.39 is 17.9 Å². The summed E-state index contributed by atoms with van der Waals surface area (Å²) in [7, 11) is 0. The number of rotatable bonds is 7. The van der Waals surface area contributed by atoms with Crippen LogP contribution < -0.4 is 0 Å². The van der Waals surface area contributed by atoms with Gasteiger partial charge in [0.1, 0.15) is 13.2 Å². The molecule has 0 rings (SSSR count). The van der Waals surface area contributed by atoms with E-state index in [1.54, 1.807) is 0 Å². The van der Waals surface area contributed by atoms with Gasteiger partial charge in [-0.2, -0.15) is 0 Å². The van der Waals surface area contributed by atoms with Crippen molar-refractivity contribution in [2.45, 2.75) is 12.8 Å². The minimum atomic E-state index is -1.04. The second-order valence-corrected chi connectivity index (χ2v) is 2.49. The van der Waals surface area contributed by atoms with Gasteiger partial charge in [-0.25, -0.2) is 4.79 Å². The molecule has 0 spiro atoms. The molecule has 0 aromatic rings. The van der Waals surface area contributed by atoms with Crippen LogP contribution >= 0.6 is 0 Å². The Labute approximate surface area is 86.5 Å². The first-order valence-corrected chi connectivity index (χ1v) is 4.23. The lowest BCUT2D eigenvalue weighted by Crippen LogP contribution is -2.12. The molecule has 0 aliphatic carbocycles. The number of esters is 2. The van der Waals surface area contributed by atoms with Gasteiger partial charge in [0.15, 0.2) is 0 Å². The minimum absolute atomic E-state index is 0.0980. The number of carboxylic acid groups (broad SMARTS) is 1. The highest BCUT2D eigenvalue weighted by Crippen LogP contribution is 1.91. The van der Waals surface area contributed by atoms with Gasteiger partial charge >= 0.3 is 17.9 Å². The fraction of sp³-hybridized carbons (Fsp3) is 0.444. The number of ether oxygens (including phenoxy) is 2. The summed E-state index contributed by atoms with van der Waals surface area (Å²) in [5, 5.41) is 8.24. The number of carbonyl (C=O) groups is 3. The van der Waals surface area contributed by atoms with Gasteiger partial charge in [0.25, 0.3) is 0 Å². The molecule has 0 saturated heterocycles. The van der Waals surface area contributed by atoms with Crippen molar-refractivity contribution < 1.29 is 29.0 Å². The Balaban J connectivity index is 3.45. The van der Waals surface area contributed by atoms with Crippen LogP contribution in [-0.2, 0) is 23.9 Å². The van der Waals surface area contributed by atoms with Crippen LogP contribution in [0.2, 0.25) is 0 Å². The van der Waals surface area contributed by atoms with Crippen molar-refractivity contribution in [3.05, 3.63) is 12.7 Å². The van der Waals surface area contributed by atoms with Gasteiger partial charge in [-0.3, -0.25) is 9.59 Å². The van der Waals surface area contributed by atoms with E-state index in [-0.39, 0.29) is 26.1 Å². The molecule has 0 aliphatic heterocycles. The maximum Gasteiger partial charge on any atom is 0.330 e. The van der Waals surface area contributed by atoms with Gasteiger partial charge in [-0.1, -0.05) is 6.58 Å². The number of carboxylic acids is 1. The van der Waals surface area contributed by atoms with Gasteiger partial charge in [0.2, 0.25) is 0 Å². The molecular formula is C9H12O6. The van der Waals surface area contributed by atoms with Crippen LogP contribution in [0.25, 0.3) is 0 Å². The Hall–Kier alpha value is -1.85. The molecule has 0 saturated carbocycles. The molecule has 0 unspecified atom stereocenters. The Morgan fingerprint density at radius 1 is 1.13 bits per heavy atom. The van der Waals surface area contributed by atoms with Crippen LogP contribution in [0.1, 0.15) is 12.8 Å². The van der Waals surface area contributed by atoms with Crippen LogP contribution in [0, 0.1) is 0 Å². The minimum Gasteiger partial charge on any atom is -0.481 e. The second kappa shape index (κ2) is 7.54. The molecule has 6 heteroatoms. The molecule has 1 N–H and O–H groups in total. The highest BCUT2D eigenvalue weighted by atomic mass is 16.5. The number of hydrogen-bond donors (Lipinski definition) is 1. The number of carbonyl (C=O) groups excluding carboxylic acids is 2. The third-order valence-corrected chi connectivity index (χ3v) is 1.30. The molecule has 0 heterocycles. The summed E-state index contributed by atoms with van der Waals surface area (Å²) in [5.74, 6) is -2.26. The fourth-order valence-electron chi connectivity index (χ4n) is 0.618. The number of aliphatic carboxylic acids is 1. The zero-order chi connectivity index (χ0) is 11.7. The average Bonchev–Trinajstić information content (AvgIpc) is 2.17. The van der Waals surface area contributed by atoms with Gasteiger partial charge < -0.3 is 14.6 Å². The first kappa shape index (κ1) is 13.2. The summed E-state index contributed by atoms with van der Waals surface area (Å²) < 4.78 is 9.05. The third kappa shape index (κ3) is 8.48. The van der Waals surface area contributed by atoms with E-state index in [0.717, 1.165) is 6.08 Å². The molecule has 0 fully saturated rings. The van der Waals surface area contributed by atoms with Crippen molar-refractivity contribution in [3.63, 3.8) is 0 Å². The summed E-state index contributed by atoms with van der Waals surface area (Å²) in [6.45, 7) is 2.89.